The summed E-state index contributed by atoms with van der Waals surface area (Å²) < 4.78 is 0. The van der Waals surface area contributed by atoms with Crippen molar-refractivity contribution in [2.24, 2.45) is 4.99 Å². The summed E-state index contributed by atoms with van der Waals surface area (Å²) in [4.78, 5) is 4.54. The van der Waals surface area contributed by atoms with Crippen molar-refractivity contribution in [1.82, 2.24) is 10.6 Å². The third kappa shape index (κ3) is 5.48. The van der Waals surface area contributed by atoms with Crippen LogP contribution in [0.3, 0.4) is 0 Å². The summed E-state index contributed by atoms with van der Waals surface area (Å²) in [5.41, 5.74) is 2.29. The molecule has 3 N–H and O–H groups in total. The number of aromatic hydroxyl groups is 1. The van der Waals surface area contributed by atoms with E-state index in [-0.39, 0.29) is 5.75 Å². The van der Waals surface area contributed by atoms with Crippen LogP contribution in [-0.4, -0.2) is 24.2 Å². The van der Waals surface area contributed by atoms with E-state index in [0.29, 0.717) is 6.54 Å². The molecule has 0 aliphatic carbocycles. The lowest BCUT2D eigenvalue weighted by Crippen LogP contribution is -2.38. The third-order valence-corrected chi connectivity index (χ3v) is 3.22. The van der Waals surface area contributed by atoms with Crippen molar-refractivity contribution in [3.05, 3.63) is 65.7 Å². The molecule has 0 saturated carbocycles. The summed E-state index contributed by atoms with van der Waals surface area (Å²) in [6.07, 6.45) is 0.956. The van der Waals surface area contributed by atoms with Crippen LogP contribution in [-0.2, 0) is 13.0 Å². The van der Waals surface area contributed by atoms with E-state index in [9.17, 15) is 5.11 Å². The first kappa shape index (κ1) is 15.9. The summed E-state index contributed by atoms with van der Waals surface area (Å²) in [6.45, 7) is 4.23. The Bertz CT molecular complexity index is 596. The number of benzene rings is 2. The molecule has 0 atom stereocenters. The van der Waals surface area contributed by atoms with Gasteiger partial charge in [-0.2, -0.15) is 0 Å². The maximum Gasteiger partial charge on any atom is 0.191 e. The molecule has 2 aromatic rings. The van der Waals surface area contributed by atoms with Gasteiger partial charge in [-0.15, -0.1) is 0 Å². The monoisotopic (exact) mass is 297 g/mol. The molecule has 0 bridgehead atoms. The number of aliphatic imine (C=N–C) groups is 1. The smallest absolute Gasteiger partial charge is 0.191 e. The Morgan fingerprint density at radius 1 is 1.00 bits per heavy atom. The zero-order valence-corrected chi connectivity index (χ0v) is 12.9. The van der Waals surface area contributed by atoms with Gasteiger partial charge in [0, 0.05) is 13.1 Å². The average molecular weight is 297 g/mol. The predicted octanol–water partition coefficient (Wildman–Crippen LogP) is 2.69. The first-order chi connectivity index (χ1) is 10.8. The first-order valence-electron chi connectivity index (χ1n) is 7.62. The van der Waals surface area contributed by atoms with Gasteiger partial charge in [0.05, 0.1) is 6.54 Å². The normalized spacial score (nSPS) is 11.2. The van der Waals surface area contributed by atoms with E-state index in [1.54, 1.807) is 12.1 Å². The molecule has 4 heteroatoms. The molecule has 0 saturated heterocycles. The number of rotatable bonds is 6. The van der Waals surface area contributed by atoms with Gasteiger partial charge in [-0.25, -0.2) is 4.99 Å². The minimum absolute atomic E-state index is 0.273. The average Bonchev–Trinajstić information content (AvgIpc) is 2.54. The van der Waals surface area contributed by atoms with Crippen molar-refractivity contribution in [3.8, 4) is 5.75 Å². The zero-order chi connectivity index (χ0) is 15.6. The highest BCUT2D eigenvalue weighted by atomic mass is 16.3. The molecular weight excluding hydrogens is 274 g/mol. The van der Waals surface area contributed by atoms with E-state index in [0.717, 1.165) is 31.0 Å². The van der Waals surface area contributed by atoms with Crippen LogP contribution in [0.4, 0.5) is 0 Å². The molecule has 0 unspecified atom stereocenters. The first-order valence-corrected chi connectivity index (χ1v) is 7.62. The minimum atomic E-state index is 0.273. The topological polar surface area (TPSA) is 56.7 Å². The number of hydrogen-bond donors (Lipinski definition) is 3. The standard InChI is InChI=1S/C18H23N3O/c1-2-19-18(20-12-11-15-7-4-3-5-8-15)21-14-16-9-6-10-17(22)13-16/h3-10,13,22H,2,11-12,14H2,1H3,(H2,19,20,21). The summed E-state index contributed by atoms with van der Waals surface area (Å²) in [5, 5.41) is 16.0. The lowest BCUT2D eigenvalue weighted by atomic mass is 10.1. The van der Waals surface area contributed by atoms with Crippen LogP contribution < -0.4 is 10.6 Å². The highest BCUT2D eigenvalue weighted by Gasteiger charge is 1.99. The maximum absolute atomic E-state index is 9.47. The summed E-state index contributed by atoms with van der Waals surface area (Å²) in [6, 6.07) is 17.6. The molecule has 0 aromatic heterocycles. The molecule has 0 fully saturated rings. The van der Waals surface area contributed by atoms with Crippen LogP contribution in [0.5, 0.6) is 5.75 Å². The number of phenolic OH excluding ortho intramolecular Hbond substituents is 1. The predicted molar refractivity (Wildman–Crippen MR) is 91.1 cm³/mol. The summed E-state index contributed by atoms with van der Waals surface area (Å²) in [5.74, 6) is 1.07. The van der Waals surface area contributed by atoms with Crippen molar-refractivity contribution in [3.63, 3.8) is 0 Å². The van der Waals surface area contributed by atoms with Crippen LogP contribution in [0.25, 0.3) is 0 Å². The molecule has 2 aromatic carbocycles. The lowest BCUT2D eigenvalue weighted by molar-refractivity contribution is 0.474. The van der Waals surface area contributed by atoms with Crippen LogP contribution in [0.1, 0.15) is 18.1 Å². The van der Waals surface area contributed by atoms with Gasteiger partial charge in [0.1, 0.15) is 5.75 Å². The van der Waals surface area contributed by atoms with E-state index in [1.807, 2.05) is 25.1 Å². The van der Waals surface area contributed by atoms with E-state index >= 15 is 0 Å². The number of phenols is 1. The van der Waals surface area contributed by atoms with Gasteiger partial charge in [-0.1, -0.05) is 42.5 Å². The second-order valence-electron chi connectivity index (χ2n) is 5.03. The molecule has 0 aliphatic heterocycles. The Morgan fingerprint density at radius 2 is 1.77 bits per heavy atom. The largest absolute Gasteiger partial charge is 0.508 e. The molecular formula is C18H23N3O. The Balaban J connectivity index is 1.87. The molecule has 0 spiro atoms. The number of hydrogen-bond acceptors (Lipinski definition) is 2. The Morgan fingerprint density at radius 3 is 2.50 bits per heavy atom. The Hall–Kier alpha value is -2.49. The second-order valence-corrected chi connectivity index (χ2v) is 5.03. The van der Waals surface area contributed by atoms with Gasteiger partial charge in [-0.05, 0) is 36.6 Å². The van der Waals surface area contributed by atoms with Crippen molar-refractivity contribution in [1.29, 1.82) is 0 Å². The van der Waals surface area contributed by atoms with Gasteiger partial charge in [0.15, 0.2) is 5.96 Å². The van der Waals surface area contributed by atoms with Gasteiger partial charge >= 0.3 is 0 Å². The number of guanidine groups is 1. The maximum atomic E-state index is 9.47. The van der Waals surface area contributed by atoms with Gasteiger partial charge in [-0.3, -0.25) is 0 Å². The van der Waals surface area contributed by atoms with Crippen LogP contribution in [0.2, 0.25) is 0 Å². The molecule has 4 nitrogen and oxygen atoms in total. The molecule has 0 radical (unpaired) electrons. The highest BCUT2D eigenvalue weighted by Crippen LogP contribution is 2.11. The van der Waals surface area contributed by atoms with E-state index in [2.05, 4.69) is 39.9 Å². The molecule has 2 rings (SSSR count). The second kappa shape index (κ2) is 8.72. The SMILES string of the molecule is CCNC(=NCc1cccc(O)c1)NCCc1ccccc1. The third-order valence-electron chi connectivity index (χ3n) is 3.22. The van der Waals surface area contributed by atoms with Gasteiger partial charge < -0.3 is 15.7 Å². The molecule has 116 valence electrons. The molecule has 22 heavy (non-hydrogen) atoms. The molecule has 0 heterocycles. The zero-order valence-electron chi connectivity index (χ0n) is 12.9. The van der Waals surface area contributed by atoms with E-state index < -0.39 is 0 Å². The molecule has 0 aliphatic rings. The number of nitrogens with zero attached hydrogens (tertiary/aromatic N) is 1. The quantitative estimate of drug-likeness (QED) is 0.567. The van der Waals surface area contributed by atoms with Crippen molar-refractivity contribution in [2.75, 3.05) is 13.1 Å². The fraction of sp³-hybridized carbons (Fsp3) is 0.278. The Kier molecular flexibility index (Phi) is 6.30. The van der Waals surface area contributed by atoms with Gasteiger partial charge in [0.2, 0.25) is 0 Å². The van der Waals surface area contributed by atoms with Gasteiger partial charge in [0.25, 0.3) is 0 Å². The van der Waals surface area contributed by atoms with E-state index in [1.165, 1.54) is 5.56 Å². The fourth-order valence-corrected chi connectivity index (χ4v) is 2.14. The van der Waals surface area contributed by atoms with Crippen LogP contribution >= 0.6 is 0 Å². The van der Waals surface area contributed by atoms with Crippen LogP contribution in [0.15, 0.2) is 59.6 Å². The van der Waals surface area contributed by atoms with Crippen LogP contribution in [0, 0.1) is 0 Å². The highest BCUT2D eigenvalue weighted by molar-refractivity contribution is 5.79. The number of nitrogens with one attached hydrogen (secondary N) is 2. The van der Waals surface area contributed by atoms with Crippen molar-refractivity contribution >= 4 is 5.96 Å². The molecule has 0 amide bonds. The fourth-order valence-electron chi connectivity index (χ4n) is 2.14. The summed E-state index contributed by atoms with van der Waals surface area (Å²) in [7, 11) is 0. The minimum Gasteiger partial charge on any atom is -0.508 e. The van der Waals surface area contributed by atoms with E-state index in [4.69, 9.17) is 0 Å². The Labute approximate surface area is 131 Å². The van der Waals surface area contributed by atoms with Crippen molar-refractivity contribution in [2.45, 2.75) is 19.9 Å². The lowest BCUT2D eigenvalue weighted by Gasteiger charge is -2.11. The summed E-state index contributed by atoms with van der Waals surface area (Å²) >= 11 is 0. The van der Waals surface area contributed by atoms with Crippen molar-refractivity contribution < 1.29 is 5.11 Å².